The van der Waals surface area contributed by atoms with Crippen molar-refractivity contribution < 1.29 is 14.3 Å². The lowest BCUT2D eigenvalue weighted by Gasteiger charge is -2.14. The van der Waals surface area contributed by atoms with Gasteiger partial charge >= 0.3 is 5.97 Å². The molecule has 1 heterocycles. The van der Waals surface area contributed by atoms with Crippen LogP contribution in [0.3, 0.4) is 0 Å². The molecule has 0 aromatic carbocycles. The minimum Gasteiger partial charge on any atom is -0.460 e. The number of carbonyl (C=O) groups excluding carboxylic acids is 1. The van der Waals surface area contributed by atoms with E-state index in [1.807, 2.05) is 0 Å². The zero-order chi connectivity index (χ0) is 10.2. The first-order valence-corrected chi connectivity index (χ1v) is 6.68. The maximum absolute atomic E-state index is 11.2. The lowest BCUT2D eigenvalue weighted by molar-refractivity contribution is -0.153. The number of rotatable bonds is 1. The Bertz CT molecular complexity index is 173. The number of hydrogen-bond acceptors (Lipinski definition) is 3. The van der Waals surface area contributed by atoms with Crippen LogP contribution in [0.25, 0.3) is 0 Å². The highest BCUT2D eigenvalue weighted by atomic mass is 127. The van der Waals surface area contributed by atoms with Gasteiger partial charge in [-0.3, -0.25) is 0 Å². The Hall–Kier alpha value is 0.160. The first-order valence-electron chi connectivity index (χ1n) is 5.16. The van der Waals surface area contributed by atoms with Gasteiger partial charge in [-0.05, 0) is 19.3 Å². The van der Waals surface area contributed by atoms with Crippen LogP contribution in [-0.4, -0.2) is 29.7 Å². The molecule has 14 heavy (non-hydrogen) atoms. The fourth-order valence-electron chi connectivity index (χ4n) is 1.47. The first kappa shape index (κ1) is 12.2. The summed E-state index contributed by atoms with van der Waals surface area (Å²) in [7, 11) is 0. The molecule has 1 fully saturated rings. The molecular formula is C10H17IO3. The molecule has 0 saturated carbocycles. The predicted molar refractivity (Wildman–Crippen MR) is 62.7 cm³/mol. The average molecular weight is 312 g/mol. The van der Waals surface area contributed by atoms with Gasteiger partial charge in [0.25, 0.3) is 0 Å². The van der Waals surface area contributed by atoms with E-state index in [9.17, 15) is 4.79 Å². The molecule has 1 unspecified atom stereocenters. The second-order valence-electron chi connectivity index (χ2n) is 3.52. The quantitative estimate of drug-likeness (QED) is 0.423. The van der Waals surface area contributed by atoms with E-state index in [2.05, 4.69) is 22.6 Å². The van der Waals surface area contributed by atoms with E-state index in [0.29, 0.717) is 6.61 Å². The molecule has 0 radical (unpaired) electrons. The second kappa shape index (κ2) is 7.45. The summed E-state index contributed by atoms with van der Waals surface area (Å²) in [5.74, 6) is -0.214. The van der Waals surface area contributed by atoms with Crippen LogP contribution in [-0.2, 0) is 14.3 Å². The average Bonchev–Trinajstić information content (AvgIpc) is 2.23. The molecule has 1 aliphatic heterocycles. The lowest BCUT2D eigenvalue weighted by Crippen LogP contribution is -2.22. The summed E-state index contributed by atoms with van der Waals surface area (Å²) in [6.07, 6.45) is 5.71. The van der Waals surface area contributed by atoms with Crippen LogP contribution in [0.15, 0.2) is 0 Å². The van der Waals surface area contributed by atoms with Crippen molar-refractivity contribution in [2.75, 3.05) is 17.6 Å². The monoisotopic (exact) mass is 312 g/mol. The van der Waals surface area contributed by atoms with Gasteiger partial charge in [0.05, 0.1) is 0 Å². The van der Waals surface area contributed by atoms with Gasteiger partial charge in [0.15, 0.2) is 0 Å². The summed E-state index contributed by atoms with van der Waals surface area (Å²) in [6.45, 7) is 0.803. The smallest absolute Gasteiger partial charge is 0.332 e. The Morgan fingerprint density at radius 2 is 2.07 bits per heavy atom. The molecule has 0 N–H and O–H groups in total. The fraction of sp³-hybridized carbons (Fsp3) is 0.900. The van der Waals surface area contributed by atoms with Crippen molar-refractivity contribution in [2.24, 2.45) is 0 Å². The molecule has 0 amide bonds. The van der Waals surface area contributed by atoms with Crippen molar-refractivity contribution in [3.8, 4) is 0 Å². The van der Waals surface area contributed by atoms with Crippen molar-refractivity contribution >= 4 is 28.6 Å². The Morgan fingerprint density at radius 1 is 1.29 bits per heavy atom. The van der Waals surface area contributed by atoms with E-state index in [-0.39, 0.29) is 18.7 Å². The van der Waals surface area contributed by atoms with Crippen molar-refractivity contribution in [3.63, 3.8) is 0 Å². The third kappa shape index (κ3) is 5.14. The highest BCUT2D eigenvalue weighted by Crippen LogP contribution is 2.12. The Labute approximate surface area is 98.7 Å². The van der Waals surface area contributed by atoms with E-state index in [4.69, 9.17) is 9.47 Å². The summed E-state index contributed by atoms with van der Waals surface area (Å²) in [6, 6.07) is 0. The molecular weight excluding hydrogens is 295 g/mol. The highest BCUT2D eigenvalue weighted by Gasteiger charge is 2.13. The lowest BCUT2D eigenvalue weighted by atomic mass is 10.1. The molecule has 0 aromatic heterocycles. The van der Waals surface area contributed by atoms with E-state index < -0.39 is 0 Å². The van der Waals surface area contributed by atoms with Gasteiger partial charge in [-0.25, -0.2) is 4.79 Å². The van der Waals surface area contributed by atoms with Crippen LogP contribution in [0.2, 0.25) is 0 Å². The van der Waals surface area contributed by atoms with Crippen LogP contribution in [0.4, 0.5) is 0 Å². The van der Waals surface area contributed by atoms with E-state index in [0.717, 1.165) is 23.7 Å². The SMILES string of the molecule is O=C1COCCCCCCC(CI)O1. The number of cyclic esters (lactones) is 1. The van der Waals surface area contributed by atoms with Crippen LogP contribution >= 0.6 is 22.6 Å². The summed E-state index contributed by atoms with van der Waals surface area (Å²) in [5.41, 5.74) is 0. The van der Waals surface area contributed by atoms with Crippen molar-refractivity contribution in [3.05, 3.63) is 0 Å². The van der Waals surface area contributed by atoms with E-state index >= 15 is 0 Å². The second-order valence-corrected chi connectivity index (χ2v) is 4.40. The first-order chi connectivity index (χ1) is 6.83. The molecule has 82 valence electrons. The molecule has 3 nitrogen and oxygen atoms in total. The molecule has 0 aromatic rings. The zero-order valence-corrected chi connectivity index (χ0v) is 10.5. The molecule has 0 spiro atoms. The molecule has 1 aliphatic rings. The molecule has 1 rings (SSSR count). The third-order valence-corrected chi connectivity index (χ3v) is 3.24. The van der Waals surface area contributed by atoms with Crippen LogP contribution in [0, 0.1) is 0 Å². The summed E-state index contributed by atoms with van der Waals surface area (Å²) >= 11 is 2.26. The van der Waals surface area contributed by atoms with Crippen LogP contribution in [0.5, 0.6) is 0 Å². The van der Waals surface area contributed by atoms with Gasteiger partial charge in [0.1, 0.15) is 12.7 Å². The zero-order valence-electron chi connectivity index (χ0n) is 8.34. The van der Waals surface area contributed by atoms with E-state index in [1.165, 1.54) is 12.8 Å². The number of halogens is 1. The minimum atomic E-state index is -0.214. The molecule has 1 atom stereocenters. The van der Waals surface area contributed by atoms with Gasteiger partial charge in [-0.2, -0.15) is 0 Å². The number of carbonyl (C=O) groups is 1. The van der Waals surface area contributed by atoms with Crippen molar-refractivity contribution in [1.29, 1.82) is 0 Å². The van der Waals surface area contributed by atoms with Gasteiger partial charge in [-0.15, -0.1) is 0 Å². The van der Waals surface area contributed by atoms with Gasteiger partial charge in [0.2, 0.25) is 0 Å². The summed E-state index contributed by atoms with van der Waals surface area (Å²) in [4.78, 5) is 11.2. The minimum absolute atomic E-state index is 0.0878. The largest absolute Gasteiger partial charge is 0.460 e. The number of hydrogen-bond donors (Lipinski definition) is 0. The van der Waals surface area contributed by atoms with Gasteiger partial charge < -0.3 is 9.47 Å². The third-order valence-electron chi connectivity index (χ3n) is 2.25. The normalized spacial score (nSPS) is 26.4. The molecule has 1 saturated heterocycles. The summed E-state index contributed by atoms with van der Waals surface area (Å²) in [5, 5.41) is 0. The fourth-order valence-corrected chi connectivity index (χ4v) is 2.09. The van der Waals surface area contributed by atoms with E-state index in [1.54, 1.807) is 0 Å². The number of ether oxygens (including phenoxy) is 2. The standard InChI is InChI=1S/C10H17IO3/c11-7-9-5-3-1-2-4-6-13-8-10(12)14-9/h9H,1-8H2. The Kier molecular flexibility index (Phi) is 6.51. The number of esters is 1. The maximum atomic E-state index is 11.2. The molecule has 4 heteroatoms. The predicted octanol–water partition coefficient (Wildman–Crippen LogP) is 2.31. The molecule has 0 bridgehead atoms. The highest BCUT2D eigenvalue weighted by molar-refractivity contribution is 14.1. The van der Waals surface area contributed by atoms with Gasteiger partial charge in [0, 0.05) is 11.0 Å². The van der Waals surface area contributed by atoms with Crippen LogP contribution in [0.1, 0.15) is 32.1 Å². The number of alkyl halides is 1. The maximum Gasteiger partial charge on any atom is 0.332 e. The Morgan fingerprint density at radius 3 is 2.86 bits per heavy atom. The van der Waals surface area contributed by atoms with Gasteiger partial charge in [-0.1, -0.05) is 35.4 Å². The van der Waals surface area contributed by atoms with Crippen molar-refractivity contribution in [2.45, 2.75) is 38.2 Å². The summed E-state index contributed by atoms with van der Waals surface area (Å²) < 4.78 is 11.3. The topological polar surface area (TPSA) is 35.5 Å². The van der Waals surface area contributed by atoms with Crippen molar-refractivity contribution in [1.82, 2.24) is 0 Å². The molecule has 0 aliphatic carbocycles. The van der Waals surface area contributed by atoms with Crippen LogP contribution < -0.4 is 0 Å². The Balaban J connectivity index is 2.35.